The van der Waals surface area contributed by atoms with E-state index in [1.807, 2.05) is 42.5 Å². The molecule has 0 amide bonds. The molecule has 36 rings (SSSR count). The van der Waals surface area contributed by atoms with Crippen LogP contribution >= 0.6 is 0 Å². The number of hydrogen-bond acceptors (Lipinski definition) is 7. The number of nitrogens with zero attached hydrogens (tertiary/aromatic N) is 12. The molecule has 12 aromatic heterocycles. The van der Waals surface area contributed by atoms with Crippen molar-refractivity contribution in [2.45, 2.75) is 19.3 Å². The molecule has 12 heterocycles. The van der Waals surface area contributed by atoms with E-state index in [0.29, 0.717) is 29.0 Å². The molecule has 13 heteroatoms. The second-order valence-electron chi connectivity index (χ2n) is 39.6. The van der Waals surface area contributed by atoms with Gasteiger partial charge >= 0.3 is 0 Å². The number of para-hydroxylation sites is 6. The average Bonchev–Trinajstić information content (AvgIpc) is 1.50. The maximum absolute atomic E-state index is 13.6. The first kappa shape index (κ1) is 76.0. The Morgan fingerprint density at radius 3 is 0.916 bits per heavy atom. The highest BCUT2D eigenvalue weighted by atomic mass is 16.1. The van der Waals surface area contributed by atoms with Gasteiger partial charge in [-0.3, -0.25) is 18.5 Å². The summed E-state index contributed by atoms with van der Waals surface area (Å²) in [7, 11) is 0. The first-order chi connectivity index (χ1) is 70.7. The first-order valence-corrected chi connectivity index (χ1v) is 49.0. The molecular weight excluding hydrogens is 1750 g/mol. The van der Waals surface area contributed by atoms with E-state index in [1.165, 1.54) is 207 Å². The molecular formula is C130H72N12O. The number of ketones is 1. The van der Waals surface area contributed by atoms with Crippen LogP contribution in [0.4, 0.5) is 0 Å². The lowest BCUT2D eigenvalue weighted by Crippen LogP contribution is -2.24. The Morgan fingerprint density at radius 1 is 0.189 bits per heavy atom. The standard InChI is InChI=1S/C45H28N4.C43H22N4O.C42H22N4/c1-45(2)32-17-8-5-15-28(32)41-40-33(45)18-11-19-34(40)46-44(47-41)48-36-21-10-7-16-29(36)38-37(48)24-31-27-14-6-9-20-35(27)49-42-26-13-4-3-12-25(26)22-23-30(42)39(38)43(31)49;48-42-27-14-4-3-13-26(27)39-36-30(42)16-9-17-32(36)44-43(45-39)46-34-19-8-6-15-28(34)37-35(46)22-31-25-12-5-7-18-33(25)47-40-24-11-2-1-10-23(24)20-21-29(40)38(37)41(31)47;1-2-11-24-23(10-1)20-21-30-38-37-29-15-6-8-19-34(29)45(35(37)22-31-26-13-5-7-18-33(26)46(40(24)30)41(31)38)42-43-32-17-9-16-27-25-12-3-4-14-28(25)39(44-42)36(27)32/h3-24H,1-2H3;1-22H;1-22H. The summed E-state index contributed by atoms with van der Waals surface area (Å²) in [5.41, 5.74) is 32.7. The fraction of sp³-hybridized carbons (Fsp3) is 0.0231. The van der Waals surface area contributed by atoms with Crippen LogP contribution in [0, 0.1) is 0 Å². The van der Waals surface area contributed by atoms with Crippen LogP contribution in [0.15, 0.2) is 400 Å². The molecule has 0 radical (unpaired) electrons. The van der Waals surface area contributed by atoms with E-state index in [9.17, 15) is 4.79 Å². The fourth-order valence-corrected chi connectivity index (χ4v) is 26.6. The number of carbonyl (C=O) groups is 1. The third-order valence-corrected chi connectivity index (χ3v) is 32.4. The Balaban J connectivity index is 0.0000000929. The van der Waals surface area contributed by atoms with Gasteiger partial charge in [-0.05, 0) is 111 Å². The van der Waals surface area contributed by atoms with Crippen LogP contribution in [0.25, 0.3) is 307 Å². The van der Waals surface area contributed by atoms with Gasteiger partial charge in [-0.1, -0.05) is 341 Å². The lowest BCUT2D eigenvalue weighted by Gasteiger charge is -2.34. The van der Waals surface area contributed by atoms with Crippen molar-refractivity contribution < 1.29 is 4.79 Å². The highest BCUT2D eigenvalue weighted by Crippen LogP contribution is 2.56. The van der Waals surface area contributed by atoms with Gasteiger partial charge in [0.05, 0.1) is 116 Å². The van der Waals surface area contributed by atoms with Crippen molar-refractivity contribution in [1.29, 1.82) is 0 Å². The van der Waals surface area contributed by atoms with Crippen LogP contribution in [0.3, 0.4) is 0 Å². The molecule has 33 aromatic rings. The number of aromatic nitrogens is 12. The summed E-state index contributed by atoms with van der Waals surface area (Å²) in [5, 5.41) is 32.9. The zero-order chi connectivity index (χ0) is 93.1. The number of fused-ring (bicyclic) bond motifs is 43. The Labute approximate surface area is 811 Å². The van der Waals surface area contributed by atoms with Crippen molar-refractivity contribution >= 4 is 251 Å². The Kier molecular flexibility index (Phi) is 14.4. The van der Waals surface area contributed by atoms with E-state index in [1.54, 1.807) is 0 Å². The predicted octanol–water partition coefficient (Wildman–Crippen LogP) is 32.3. The summed E-state index contributed by atoms with van der Waals surface area (Å²) in [6.07, 6.45) is 0. The Bertz CT molecular complexity index is 11700. The van der Waals surface area contributed by atoms with Gasteiger partial charge in [-0.2, -0.15) is 0 Å². The quantitative estimate of drug-likeness (QED) is 0.173. The van der Waals surface area contributed by atoms with Crippen molar-refractivity contribution in [3.05, 3.63) is 423 Å². The minimum Gasteiger partial charge on any atom is -0.307 e. The Morgan fingerprint density at radius 2 is 0.490 bits per heavy atom. The fourth-order valence-electron chi connectivity index (χ4n) is 26.6. The topological polar surface area (TPSA) is 122 Å². The molecule has 3 aliphatic rings. The molecule has 658 valence electrons. The number of hydrogen-bond donors (Lipinski definition) is 0. The summed E-state index contributed by atoms with van der Waals surface area (Å²) < 4.78 is 14.4. The summed E-state index contributed by atoms with van der Waals surface area (Å²) in [6.45, 7) is 4.63. The lowest BCUT2D eigenvalue weighted by molar-refractivity contribution is 0.104. The molecule has 0 atom stereocenters. The highest BCUT2D eigenvalue weighted by molar-refractivity contribution is 6.42. The maximum Gasteiger partial charge on any atom is 0.235 e. The van der Waals surface area contributed by atoms with Crippen molar-refractivity contribution in [2.24, 2.45) is 0 Å². The van der Waals surface area contributed by atoms with Crippen molar-refractivity contribution in [3.63, 3.8) is 0 Å². The van der Waals surface area contributed by atoms with Crippen LogP contribution in [-0.4, -0.2) is 62.6 Å². The molecule has 0 saturated carbocycles. The minimum absolute atomic E-state index is 0.0184. The summed E-state index contributed by atoms with van der Waals surface area (Å²) in [4.78, 5) is 45.7. The molecule has 0 unspecified atom stereocenters. The monoisotopic (exact) mass is 1820 g/mol. The predicted molar refractivity (Wildman–Crippen MR) is 589 cm³/mol. The van der Waals surface area contributed by atoms with E-state index in [0.717, 1.165) is 93.8 Å². The van der Waals surface area contributed by atoms with Gasteiger partial charge in [0.25, 0.3) is 0 Å². The molecule has 13 nitrogen and oxygen atoms in total. The maximum atomic E-state index is 13.6. The van der Waals surface area contributed by atoms with Crippen molar-refractivity contribution in [1.82, 2.24) is 56.8 Å². The van der Waals surface area contributed by atoms with Gasteiger partial charge in [-0.25, -0.2) is 29.9 Å². The lowest BCUT2D eigenvalue weighted by atomic mass is 9.70. The van der Waals surface area contributed by atoms with Gasteiger partial charge in [0.15, 0.2) is 5.78 Å². The largest absolute Gasteiger partial charge is 0.307 e. The minimum atomic E-state index is -0.150. The average molecular weight is 1820 g/mol. The smallest absolute Gasteiger partial charge is 0.235 e. The molecule has 0 aliphatic heterocycles. The van der Waals surface area contributed by atoms with E-state index in [2.05, 4.69) is 399 Å². The van der Waals surface area contributed by atoms with Crippen LogP contribution < -0.4 is 0 Å². The van der Waals surface area contributed by atoms with E-state index in [4.69, 9.17) is 29.9 Å². The van der Waals surface area contributed by atoms with Gasteiger partial charge < -0.3 is 13.2 Å². The van der Waals surface area contributed by atoms with E-state index in [-0.39, 0.29) is 11.2 Å². The molecule has 21 aromatic carbocycles. The van der Waals surface area contributed by atoms with Crippen molar-refractivity contribution in [2.75, 3.05) is 0 Å². The normalized spacial score (nSPS) is 13.3. The van der Waals surface area contributed by atoms with Crippen LogP contribution in [0.1, 0.15) is 40.9 Å². The summed E-state index contributed by atoms with van der Waals surface area (Å²) >= 11 is 0. The van der Waals surface area contributed by atoms with Gasteiger partial charge in [-0.15, -0.1) is 0 Å². The summed E-state index contributed by atoms with van der Waals surface area (Å²) in [5.74, 6) is 2.02. The molecule has 0 N–H and O–H groups in total. The van der Waals surface area contributed by atoms with Crippen molar-refractivity contribution in [3.8, 4) is 62.7 Å². The molecule has 0 fully saturated rings. The second kappa shape index (κ2) is 27.0. The molecule has 0 bridgehead atoms. The third kappa shape index (κ3) is 9.54. The molecule has 0 spiro atoms. The van der Waals surface area contributed by atoms with E-state index >= 15 is 0 Å². The van der Waals surface area contributed by atoms with Gasteiger partial charge in [0, 0.05) is 163 Å². The van der Waals surface area contributed by atoms with Crippen LogP contribution in [-0.2, 0) is 5.41 Å². The molecule has 3 aliphatic carbocycles. The molecule has 0 saturated heterocycles. The number of rotatable bonds is 3. The second-order valence-corrected chi connectivity index (χ2v) is 39.6. The summed E-state index contributed by atoms with van der Waals surface area (Å²) in [6, 6.07) is 144. The number of carbonyl (C=O) groups excluding carboxylic acids is 1. The Hall–Kier alpha value is -19.1. The first-order valence-electron chi connectivity index (χ1n) is 49.0. The number of benzene rings is 21. The van der Waals surface area contributed by atoms with Gasteiger partial charge in [0.2, 0.25) is 17.8 Å². The van der Waals surface area contributed by atoms with E-state index < -0.39 is 0 Å². The molecule has 143 heavy (non-hydrogen) atoms. The van der Waals surface area contributed by atoms with Crippen LogP contribution in [0.2, 0.25) is 0 Å². The third-order valence-electron chi connectivity index (χ3n) is 32.4. The SMILES string of the molecule is CC1(C)c2ccccc2-c2nc(-n3c4ccccc4c4c5c6ccc7ccccc7c6n6c7ccccc7c(cc43)c56)nc3cccc1c23.O=C1c2ccccc2-c2nc(-n3c4ccccc4c4c5c6ccc7ccccc7c6n6c7ccccc7c(cc43)c56)nc3cccc1c23.c1ccc2c(c1)-c1cccc3nc(-n4c5ccccc5c5c6c7ccc8ccccc8c7n7c8ccccc8c(cc54)c67)nc-2c13. The van der Waals surface area contributed by atoms with Gasteiger partial charge in [0.1, 0.15) is 0 Å². The van der Waals surface area contributed by atoms with Crippen LogP contribution in [0.5, 0.6) is 0 Å². The zero-order valence-corrected chi connectivity index (χ0v) is 76.9. The highest BCUT2D eigenvalue weighted by Gasteiger charge is 2.38. The zero-order valence-electron chi connectivity index (χ0n) is 76.9.